The first kappa shape index (κ1) is 14.9. The summed E-state index contributed by atoms with van der Waals surface area (Å²) in [6, 6.07) is 11.7. The third kappa shape index (κ3) is 2.80. The van der Waals surface area contributed by atoms with E-state index in [0.29, 0.717) is 0 Å². The van der Waals surface area contributed by atoms with Crippen molar-refractivity contribution in [1.82, 2.24) is 5.43 Å². The van der Waals surface area contributed by atoms with Crippen LogP contribution in [-0.2, 0) is 0 Å². The molecule has 0 bridgehead atoms. The summed E-state index contributed by atoms with van der Waals surface area (Å²) in [7, 11) is 1.66. The van der Waals surface area contributed by atoms with Gasteiger partial charge in [-0.2, -0.15) is 0 Å². The number of halogens is 1. The number of hydrazine groups is 1. The fourth-order valence-corrected chi connectivity index (χ4v) is 2.55. The third-order valence-electron chi connectivity index (χ3n) is 3.48. The average Bonchev–Trinajstić information content (AvgIpc) is 2.44. The molecule has 4 heteroatoms. The summed E-state index contributed by atoms with van der Waals surface area (Å²) in [5, 5.41) is 0.731. The van der Waals surface area contributed by atoms with Crippen LogP contribution in [0, 0.1) is 13.8 Å². The Morgan fingerprint density at radius 3 is 2.55 bits per heavy atom. The van der Waals surface area contributed by atoms with Crippen LogP contribution in [0.5, 0.6) is 5.75 Å². The Balaban J connectivity index is 2.58. The van der Waals surface area contributed by atoms with Crippen molar-refractivity contribution in [2.24, 2.45) is 5.84 Å². The zero-order valence-electron chi connectivity index (χ0n) is 11.9. The lowest BCUT2D eigenvalue weighted by Gasteiger charge is -2.22. The van der Waals surface area contributed by atoms with Crippen molar-refractivity contribution >= 4 is 11.6 Å². The highest BCUT2D eigenvalue weighted by Crippen LogP contribution is 2.33. The lowest BCUT2D eigenvalue weighted by molar-refractivity contribution is 0.404. The van der Waals surface area contributed by atoms with Crippen LogP contribution in [0.2, 0.25) is 5.02 Å². The Labute approximate surface area is 124 Å². The van der Waals surface area contributed by atoms with E-state index in [4.69, 9.17) is 22.2 Å². The number of nitrogens with two attached hydrogens (primary N) is 1. The largest absolute Gasteiger partial charge is 0.496 e. The van der Waals surface area contributed by atoms with Crippen molar-refractivity contribution in [1.29, 1.82) is 0 Å². The van der Waals surface area contributed by atoms with Gasteiger partial charge in [0.15, 0.2) is 0 Å². The molecule has 0 amide bonds. The van der Waals surface area contributed by atoms with E-state index in [2.05, 4.69) is 11.5 Å². The first-order valence-electron chi connectivity index (χ1n) is 6.44. The average molecular weight is 291 g/mol. The summed E-state index contributed by atoms with van der Waals surface area (Å²) in [6.07, 6.45) is 0. The Kier molecular flexibility index (Phi) is 4.65. The number of rotatable bonds is 4. The quantitative estimate of drug-likeness (QED) is 0.669. The molecular weight excluding hydrogens is 272 g/mol. The Hall–Kier alpha value is -1.55. The minimum atomic E-state index is -0.163. The molecule has 0 saturated heterocycles. The number of hydrogen-bond acceptors (Lipinski definition) is 3. The topological polar surface area (TPSA) is 47.3 Å². The van der Waals surface area contributed by atoms with Crippen molar-refractivity contribution < 1.29 is 4.74 Å². The molecule has 0 radical (unpaired) electrons. The van der Waals surface area contributed by atoms with E-state index in [-0.39, 0.29) is 6.04 Å². The number of methoxy groups -OCH3 is 1. The monoisotopic (exact) mass is 290 g/mol. The van der Waals surface area contributed by atoms with Gasteiger partial charge in [0.25, 0.3) is 0 Å². The van der Waals surface area contributed by atoms with E-state index in [0.717, 1.165) is 33.0 Å². The fraction of sp³-hybridized carbons (Fsp3) is 0.250. The number of nitrogens with one attached hydrogen (secondary N) is 1. The van der Waals surface area contributed by atoms with Gasteiger partial charge in [-0.05, 0) is 37.1 Å². The third-order valence-corrected chi connectivity index (χ3v) is 3.89. The highest BCUT2D eigenvalue weighted by molar-refractivity contribution is 6.31. The van der Waals surface area contributed by atoms with E-state index in [1.165, 1.54) is 0 Å². The van der Waals surface area contributed by atoms with Crippen molar-refractivity contribution in [2.45, 2.75) is 19.9 Å². The second-order valence-corrected chi connectivity index (χ2v) is 5.21. The molecule has 3 N–H and O–H groups in total. The zero-order chi connectivity index (χ0) is 14.7. The Bertz CT molecular complexity index is 613. The van der Waals surface area contributed by atoms with Gasteiger partial charge in [-0.25, -0.2) is 5.43 Å². The van der Waals surface area contributed by atoms with Gasteiger partial charge in [0.1, 0.15) is 5.75 Å². The fourth-order valence-electron chi connectivity index (χ4n) is 2.36. The number of hydrogen-bond donors (Lipinski definition) is 2. The molecule has 0 heterocycles. The van der Waals surface area contributed by atoms with Gasteiger partial charge in [0.2, 0.25) is 0 Å². The smallest absolute Gasteiger partial charge is 0.124 e. The van der Waals surface area contributed by atoms with Gasteiger partial charge in [0.05, 0.1) is 13.2 Å². The van der Waals surface area contributed by atoms with Gasteiger partial charge >= 0.3 is 0 Å². The van der Waals surface area contributed by atoms with Crippen molar-refractivity contribution in [3.8, 4) is 5.75 Å². The molecule has 2 aromatic rings. The normalized spacial score (nSPS) is 12.2. The lowest BCUT2D eigenvalue weighted by Crippen LogP contribution is -2.29. The minimum Gasteiger partial charge on any atom is -0.496 e. The lowest BCUT2D eigenvalue weighted by atomic mass is 9.94. The van der Waals surface area contributed by atoms with Crippen LogP contribution in [-0.4, -0.2) is 7.11 Å². The first-order chi connectivity index (χ1) is 9.58. The van der Waals surface area contributed by atoms with Gasteiger partial charge in [-0.3, -0.25) is 5.84 Å². The van der Waals surface area contributed by atoms with Gasteiger partial charge in [0, 0.05) is 10.6 Å². The van der Waals surface area contributed by atoms with Crippen molar-refractivity contribution in [3.05, 3.63) is 63.7 Å². The predicted molar refractivity (Wildman–Crippen MR) is 83.1 cm³/mol. The predicted octanol–water partition coefficient (Wildman–Crippen LogP) is 3.52. The maximum absolute atomic E-state index is 6.21. The highest BCUT2D eigenvalue weighted by Gasteiger charge is 2.19. The summed E-state index contributed by atoms with van der Waals surface area (Å²) in [5.41, 5.74) is 7.08. The summed E-state index contributed by atoms with van der Waals surface area (Å²) in [6.45, 7) is 4.03. The van der Waals surface area contributed by atoms with Crippen molar-refractivity contribution in [3.63, 3.8) is 0 Å². The van der Waals surface area contributed by atoms with Crippen LogP contribution in [0.25, 0.3) is 0 Å². The second-order valence-electron chi connectivity index (χ2n) is 4.80. The van der Waals surface area contributed by atoms with Gasteiger partial charge in [-0.1, -0.05) is 41.4 Å². The van der Waals surface area contributed by atoms with E-state index in [1.807, 2.05) is 44.2 Å². The van der Waals surface area contributed by atoms with Crippen LogP contribution in [0.4, 0.5) is 0 Å². The molecule has 20 heavy (non-hydrogen) atoms. The minimum absolute atomic E-state index is 0.163. The molecule has 0 aromatic heterocycles. The summed E-state index contributed by atoms with van der Waals surface area (Å²) >= 11 is 6.21. The Morgan fingerprint density at radius 1 is 1.15 bits per heavy atom. The molecule has 0 aliphatic rings. The molecule has 106 valence electrons. The summed E-state index contributed by atoms with van der Waals surface area (Å²) in [5.74, 6) is 6.58. The highest BCUT2D eigenvalue weighted by atomic mass is 35.5. The molecule has 0 aliphatic heterocycles. The van der Waals surface area contributed by atoms with Gasteiger partial charge in [-0.15, -0.1) is 0 Å². The second kappa shape index (κ2) is 6.27. The van der Waals surface area contributed by atoms with Gasteiger partial charge < -0.3 is 4.74 Å². The standard InChI is InChI=1S/C16H19ClN2O/c1-10-7-8-15(20-3)13(9-10)16(19-18)12-5-4-6-14(17)11(12)2/h4-9,16,19H,18H2,1-3H3. The zero-order valence-corrected chi connectivity index (χ0v) is 12.7. The maximum Gasteiger partial charge on any atom is 0.124 e. The Morgan fingerprint density at radius 2 is 1.90 bits per heavy atom. The van der Waals surface area contributed by atoms with Crippen LogP contribution < -0.4 is 16.0 Å². The van der Waals surface area contributed by atoms with E-state index < -0.39 is 0 Å². The molecule has 0 saturated carbocycles. The van der Waals surface area contributed by atoms with Crippen LogP contribution in [0.3, 0.4) is 0 Å². The molecule has 0 aliphatic carbocycles. The molecule has 3 nitrogen and oxygen atoms in total. The van der Waals surface area contributed by atoms with E-state index in [9.17, 15) is 0 Å². The van der Waals surface area contributed by atoms with Crippen LogP contribution in [0.1, 0.15) is 28.3 Å². The summed E-state index contributed by atoms with van der Waals surface area (Å²) in [4.78, 5) is 0. The van der Waals surface area contributed by atoms with Crippen LogP contribution in [0.15, 0.2) is 36.4 Å². The SMILES string of the molecule is COc1ccc(C)cc1C(NN)c1cccc(Cl)c1C. The number of ether oxygens (including phenoxy) is 1. The maximum atomic E-state index is 6.21. The number of aryl methyl sites for hydroxylation is 1. The molecule has 2 rings (SSSR count). The van der Waals surface area contributed by atoms with E-state index in [1.54, 1.807) is 7.11 Å². The van der Waals surface area contributed by atoms with E-state index >= 15 is 0 Å². The molecule has 0 spiro atoms. The molecule has 0 fully saturated rings. The molecular formula is C16H19ClN2O. The van der Waals surface area contributed by atoms with Crippen LogP contribution >= 0.6 is 11.6 Å². The first-order valence-corrected chi connectivity index (χ1v) is 6.82. The molecule has 1 unspecified atom stereocenters. The molecule has 2 aromatic carbocycles. The molecule has 1 atom stereocenters. The van der Waals surface area contributed by atoms with Crippen molar-refractivity contribution in [2.75, 3.05) is 7.11 Å². The summed E-state index contributed by atoms with van der Waals surface area (Å²) < 4.78 is 5.45. The number of benzene rings is 2.